The highest BCUT2D eigenvalue weighted by molar-refractivity contribution is 5.89. The van der Waals surface area contributed by atoms with Crippen molar-refractivity contribution in [3.05, 3.63) is 77.9 Å². The molecule has 0 bridgehead atoms. The second-order valence-corrected chi connectivity index (χ2v) is 5.22. The zero-order valence-electron chi connectivity index (χ0n) is 13.0. The van der Waals surface area contributed by atoms with Gasteiger partial charge in [0.25, 0.3) is 0 Å². The molecule has 116 valence electrons. The SMILES string of the molecule is CCOC(=O)c1cccc(OCc2ccc3ccccc3c2)c1. The van der Waals surface area contributed by atoms with E-state index in [4.69, 9.17) is 9.47 Å². The summed E-state index contributed by atoms with van der Waals surface area (Å²) < 4.78 is 10.8. The molecular weight excluding hydrogens is 288 g/mol. The Morgan fingerprint density at radius 2 is 1.74 bits per heavy atom. The van der Waals surface area contributed by atoms with Crippen LogP contribution in [-0.4, -0.2) is 12.6 Å². The van der Waals surface area contributed by atoms with Gasteiger partial charge < -0.3 is 9.47 Å². The Morgan fingerprint density at radius 3 is 2.57 bits per heavy atom. The number of esters is 1. The largest absolute Gasteiger partial charge is 0.489 e. The lowest BCUT2D eigenvalue weighted by molar-refractivity contribution is 0.0526. The van der Waals surface area contributed by atoms with E-state index in [1.54, 1.807) is 25.1 Å². The quantitative estimate of drug-likeness (QED) is 0.646. The topological polar surface area (TPSA) is 35.5 Å². The molecule has 0 radical (unpaired) electrons. The van der Waals surface area contributed by atoms with Crippen molar-refractivity contribution in [3.63, 3.8) is 0 Å². The maximum absolute atomic E-state index is 11.7. The van der Waals surface area contributed by atoms with Crippen molar-refractivity contribution < 1.29 is 14.3 Å². The number of rotatable bonds is 5. The van der Waals surface area contributed by atoms with Crippen LogP contribution in [0.5, 0.6) is 5.75 Å². The van der Waals surface area contributed by atoms with Gasteiger partial charge in [-0.3, -0.25) is 0 Å². The Kier molecular flexibility index (Phi) is 4.57. The Balaban J connectivity index is 1.72. The number of carbonyl (C=O) groups is 1. The molecule has 0 N–H and O–H groups in total. The average molecular weight is 306 g/mol. The summed E-state index contributed by atoms with van der Waals surface area (Å²) in [6, 6.07) is 21.5. The molecule has 3 aromatic carbocycles. The number of fused-ring (bicyclic) bond motifs is 1. The van der Waals surface area contributed by atoms with Gasteiger partial charge in [0.05, 0.1) is 12.2 Å². The monoisotopic (exact) mass is 306 g/mol. The summed E-state index contributed by atoms with van der Waals surface area (Å²) in [6.45, 7) is 2.61. The van der Waals surface area contributed by atoms with Crippen LogP contribution >= 0.6 is 0 Å². The minimum absolute atomic E-state index is 0.330. The molecule has 0 amide bonds. The fourth-order valence-corrected chi connectivity index (χ4v) is 2.42. The molecule has 0 aliphatic carbocycles. The zero-order valence-corrected chi connectivity index (χ0v) is 13.0. The number of hydrogen-bond donors (Lipinski definition) is 0. The van der Waals surface area contributed by atoms with Crippen molar-refractivity contribution in [2.45, 2.75) is 13.5 Å². The Morgan fingerprint density at radius 1 is 0.913 bits per heavy atom. The molecule has 0 saturated heterocycles. The zero-order chi connectivity index (χ0) is 16.1. The van der Waals surface area contributed by atoms with Crippen LogP contribution in [0.2, 0.25) is 0 Å². The number of ether oxygens (including phenoxy) is 2. The van der Waals surface area contributed by atoms with E-state index in [0.717, 1.165) is 5.56 Å². The third-order valence-electron chi connectivity index (χ3n) is 3.56. The maximum atomic E-state index is 11.7. The van der Waals surface area contributed by atoms with Crippen LogP contribution in [-0.2, 0) is 11.3 Å². The molecule has 0 fully saturated rings. The van der Waals surface area contributed by atoms with E-state index in [2.05, 4.69) is 30.3 Å². The van der Waals surface area contributed by atoms with Crippen LogP contribution < -0.4 is 4.74 Å². The molecule has 0 aliphatic rings. The first-order valence-corrected chi connectivity index (χ1v) is 7.64. The predicted molar refractivity (Wildman–Crippen MR) is 90.7 cm³/mol. The van der Waals surface area contributed by atoms with Gasteiger partial charge in [-0.2, -0.15) is 0 Å². The van der Waals surface area contributed by atoms with E-state index >= 15 is 0 Å². The van der Waals surface area contributed by atoms with Crippen LogP contribution in [0.3, 0.4) is 0 Å². The summed E-state index contributed by atoms with van der Waals surface area (Å²) in [6.07, 6.45) is 0. The Bertz CT molecular complexity index is 824. The van der Waals surface area contributed by atoms with E-state index in [9.17, 15) is 4.79 Å². The van der Waals surface area contributed by atoms with Crippen LogP contribution in [0.4, 0.5) is 0 Å². The van der Waals surface area contributed by atoms with Gasteiger partial charge in [-0.1, -0.05) is 42.5 Å². The standard InChI is InChI=1S/C20H18O3/c1-2-22-20(21)18-8-5-9-19(13-18)23-14-15-10-11-16-6-3-4-7-17(16)12-15/h3-13H,2,14H2,1H3. The molecule has 0 spiro atoms. The second kappa shape index (κ2) is 6.97. The fourth-order valence-electron chi connectivity index (χ4n) is 2.42. The molecular formula is C20H18O3. The van der Waals surface area contributed by atoms with E-state index in [1.807, 2.05) is 18.2 Å². The molecule has 3 rings (SSSR count). The minimum atomic E-state index is -0.330. The van der Waals surface area contributed by atoms with E-state index in [1.165, 1.54) is 10.8 Å². The van der Waals surface area contributed by atoms with Crippen molar-refractivity contribution in [1.29, 1.82) is 0 Å². The van der Waals surface area contributed by atoms with E-state index < -0.39 is 0 Å². The summed E-state index contributed by atoms with van der Waals surface area (Å²) in [7, 11) is 0. The van der Waals surface area contributed by atoms with Gasteiger partial charge >= 0.3 is 5.97 Å². The Hall–Kier alpha value is -2.81. The second-order valence-electron chi connectivity index (χ2n) is 5.22. The van der Waals surface area contributed by atoms with Crippen molar-refractivity contribution in [3.8, 4) is 5.75 Å². The number of carbonyl (C=O) groups excluding carboxylic acids is 1. The molecule has 0 aliphatic heterocycles. The van der Waals surface area contributed by atoms with Crippen LogP contribution in [0.1, 0.15) is 22.8 Å². The average Bonchev–Trinajstić information content (AvgIpc) is 2.60. The summed E-state index contributed by atoms with van der Waals surface area (Å²) in [4.78, 5) is 11.7. The maximum Gasteiger partial charge on any atom is 0.338 e. The third kappa shape index (κ3) is 3.69. The summed E-state index contributed by atoms with van der Waals surface area (Å²) >= 11 is 0. The highest BCUT2D eigenvalue weighted by atomic mass is 16.5. The molecule has 3 nitrogen and oxygen atoms in total. The Labute approximate surface area is 135 Å². The van der Waals surface area contributed by atoms with Gasteiger partial charge in [-0.25, -0.2) is 4.79 Å². The summed E-state index contributed by atoms with van der Waals surface area (Å²) in [5, 5.41) is 2.40. The first-order chi connectivity index (χ1) is 11.3. The third-order valence-corrected chi connectivity index (χ3v) is 3.56. The van der Waals surface area contributed by atoms with Crippen LogP contribution in [0.15, 0.2) is 66.7 Å². The van der Waals surface area contributed by atoms with Crippen molar-refractivity contribution in [2.75, 3.05) is 6.61 Å². The number of hydrogen-bond acceptors (Lipinski definition) is 3. The highest BCUT2D eigenvalue weighted by Gasteiger charge is 2.07. The highest BCUT2D eigenvalue weighted by Crippen LogP contribution is 2.19. The van der Waals surface area contributed by atoms with Gasteiger partial charge in [-0.05, 0) is 47.5 Å². The lowest BCUT2D eigenvalue weighted by Crippen LogP contribution is -2.05. The van der Waals surface area contributed by atoms with Crippen LogP contribution in [0, 0.1) is 0 Å². The summed E-state index contributed by atoms with van der Waals surface area (Å²) in [5.74, 6) is 0.326. The fraction of sp³-hybridized carbons (Fsp3) is 0.150. The summed E-state index contributed by atoms with van der Waals surface area (Å²) in [5.41, 5.74) is 1.59. The molecule has 0 atom stereocenters. The lowest BCUT2D eigenvalue weighted by atomic mass is 10.1. The van der Waals surface area contributed by atoms with Gasteiger partial charge in [0.2, 0.25) is 0 Å². The first-order valence-electron chi connectivity index (χ1n) is 7.64. The molecule has 3 aromatic rings. The van der Waals surface area contributed by atoms with Gasteiger partial charge in [0.15, 0.2) is 0 Å². The number of benzene rings is 3. The van der Waals surface area contributed by atoms with Crippen molar-refractivity contribution in [2.24, 2.45) is 0 Å². The lowest BCUT2D eigenvalue weighted by Gasteiger charge is -2.09. The first kappa shape index (κ1) is 15.1. The minimum Gasteiger partial charge on any atom is -0.489 e. The molecule has 0 aromatic heterocycles. The normalized spacial score (nSPS) is 10.5. The molecule has 0 heterocycles. The predicted octanol–water partition coefficient (Wildman–Crippen LogP) is 4.60. The van der Waals surface area contributed by atoms with E-state index in [-0.39, 0.29) is 5.97 Å². The molecule has 3 heteroatoms. The van der Waals surface area contributed by atoms with Gasteiger partial charge in [0, 0.05) is 0 Å². The van der Waals surface area contributed by atoms with Crippen molar-refractivity contribution >= 4 is 16.7 Å². The van der Waals surface area contributed by atoms with E-state index in [0.29, 0.717) is 24.5 Å². The molecule has 23 heavy (non-hydrogen) atoms. The van der Waals surface area contributed by atoms with Crippen molar-refractivity contribution in [1.82, 2.24) is 0 Å². The smallest absolute Gasteiger partial charge is 0.338 e. The van der Waals surface area contributed by atoms with Crippen LogP contribution in [0.25, 0.3) is 10.8 Å². The molecule has 0 saturated carbocycles. The molecule has 0 unspecified atom stereocenters. The van der Waals surface area contributed by atoms with Gasteiger partial charge in [-0.15, -0.1) is 0 Å². The van der Waals surface area contributed by atoms with Gasteiger partial charge in [0.1, 0.15) is 12.4 Å².